The summed E-state index contributed by atoms with van der Waals surface area (Å²) in [6, 6.07) is 13.9. The molecule has 0 saturated carbocycles. The largest absolute Gasteiger partial charge is 0.490 e. The lowest BCUT2D eigenvalue weighted by Crippen LogP contribution is -2.09. The van der Waals surface area contributed by atoms with E-state index in [2.05, 4.69) is 0 Å². The monoisotopic (exact) mass is 261 g/mol. The molecule has 0 amide bonds. The first-order valence-corrected chi connectivity index (χ1v) is 6.08. The fraction of sp³-hybridized carbons (Fsp3) is 0.200. The molecule has 0 atom stereocenters. The Hall–Kier alpha value is -2.07. The summed E-state index contributed by atoms with van der Waals surface area (Å²) in [5.41, 5.74) is 6.18. The number of hydrogen-bond donors (Lipinski definition) is 1. The van der Waals surface area contributed by atoms with Crippen molar-refractivity contribution < 1.29 is 13.9 Å². The van der Waals surface area contributed by atoms with Gasteiger partial charge in [-0.25, -0.2) is 4.39 Å². The van der Waals surface area contributed by atoms with Gasteiger partial charge in [0.15, 0.2) is 0 Å². The lowest BCUT2D eigenvalue weighted by molar-refractivity contribution is 0.216. The van der Waals surface area contributed by atoms with Crippen molar-refractivity contribution in [1.29, 1.82) is 0 Å². The zero-order valence-electron chi connectivity index (χ0n) is 10.5. The molecule has 4 heteroatoms. The maximum atomic E-state index is 13.2. The van der Waals surface area contributed by atoms with Gasteiger partial charge in [0.2, 0.25) is 0 Å². The Kier molecular flexibility index (Phi) is 4.75. The van der Waals surface area contributed by atoms with E-state index in [9.17, 15) is 4.39 Å². The molecule has 0 radical (unpaired) electrons. The van der Waals surface area contributed by atoms with E-state index in [-0.39, 0.29) is 12.4 Å². The molecule has 0 aliphatic heterocycles. The fourth-order valence-electron chi connectivity index (χ4n) is 1.66. The van der Waals surface area contributed by atoms with Crippen molar-refractivity contribution in [2.24, 2.45) is 5.73 Å². The van der Waals surface area contributed by atoms with Crippen molar-refractivity contribution in [3.8, 4) is 11.5 Å². The van der Waals surface area contributed by atoms with Gasteiger partial charge in [-0.1, -0.05) is 18.2 Å². The van der Waals surface area contributed by atoms with Gasteiger partial charge in [0.1, 0.15) is 30.5 Å². The molecule has 0 unspecified atom stereocenters. The van der Waals surface area contributed by atoms with Crippen molar-refractivity contribution in [2.75, 3.05) is 13.2 Å². The molecule has 100 valence electrons. The molecule has 0 fully saturated rings. The fourth-order valence-corrected chi connectivity index (χ4v) is 1.66. The number of hydrogen-bond acceptors (Lipinski definition) is 3. The van der Waals surface area contributed by atoms with Crippen LogP contribution in [0.5, 0.6) is 11.5 Å². The van der Waals surface area contributed by atoms with Gasteiger partial charge >= 0.3 is 0 Å². The molecular formula is C15H16FNO2. The minimum atomic E-state index is -0.345. The van der Waals surface area contributed by atoms with E-state index in [1.807, 2.05) is 30.3 Å². The van der Waals surface area contributed by atoms with E-state index in [0.717, 1.165) is 5.75 Å². The van der Waals surface area contributed by atoms with E-state index in [0.29, 0.717) is 24.5 Å². The predicted octanol–water partition coefficient (Wildman–Crippen LogP) is 2.74. The molecule has 0 bridgehead atoms. The number of halogens is 1. The van der Waals surface area contributed by atoms with Gasteiger partial charge in [-0.3, -0.25) is 0 Å². The smallest absolute Gasteiger partial charge is 0.127 e. The third-order valence-corrected chi connectivity index (χ3v) is 2.53. The molecule has 0 saturated heterocycles. The number of nitrogens with two attached hydrogens (primary N) is 1. The third-order valence-electron chi connectivity index (χ3n) is 2.53. The summed E-state index contributed by atoms with van der Waals surface area (Å²) in [4.78, 5) is 0. The molecule has 3 nitrogen and oxygen atoms in total. The van der Waals surface area contributed by atoms with Crippen molar-refractivity contribution in [3.05, 3.63) is 59.9 Å². The molecular weight excluding hydrogens is 245 g/mol. The second-order valence-electron chi connectivity index (χ2n) is 4.01. The first-order chi connectivity index (χ1) is 9.28. The van der Waals surface area contributed by atoms with Crippen LogP contribution in [-0.4, -0.2) is 13.2 Å². The second kappa shape index (κ2) is 6.75. The lowest BCUT2D eigenvalue weighted by atomic mass is 10.2. The Labute approximate surface area is 111 Å². The number of ether oxygens (including phenoxy) is 2. The second-order valence-corrected chi connectivity index (χ2v) is 4.01. The summed E-state index contributed by atoms with van der Waals surface area (Å²) in [5, 5.41) is 0. The van der Waals surface area contributed by atoms with E-state index in [4.69, 9.17) is 15.2 Å². The highest BCUT2D eigenvalue weighted by atomic mass is 19.1. The lowest BCUT2D eigenvalue weighted by Gasteiger charge is -2.09. The van der Waals surface area contributed by atoms with Gasteiger partial charge in [-0.15, -0.1) is 0 Å². The van der Waals surface area contributed by atoms with Crippen LogP contribution in [0.4, 0.5) is 4.39 Å². The van der Waals surface area contributed by atoms with Crippen LogP contribution in [-0.2, 0) is 6.54 Å². The minimum Gasteiger partial charge on any atom is -0.490 e. The van der Waals surface area contributed by atoms with Gasteiger partial charge in [0.05, 0.1) is 0 Å². The third kappa shape index (κ3) is 4.26. The molecule has 2 rings (SSSR count). The molecule has 0 aliphatic rings. The molecule has 0 spiro atoms. The van der Waals surface area contributed by atoms with Crippen LogP contribution < -0.4 is 15.2 Å². The van der Waals surface area contributed by atoms with Gasteiger partial charge in [-0.05, 0) is 29.8 Å². The van der Waals surface area contributed by atoms with Crippen molar-refractivity contribution in [1.82, 2.24) is 0 Å². The maximum absolute atomic E-state index is 13.2. The molecule has 19 heavy (non-hydrogen) atoms. The minimum absolute atomic E-state index is 0.286. The van der Waals surface area contributed by atoms with Crippen LogP contribution in [0, 0.1) is 5.82 Å². The standard InChI is InChI=1S/C15H16FNO2/c16-13-8-12(11-17)9-15(10-13)19-7-6-18-14-4-2-1-3-5-14/h1-5,8-10H,6-7,11,17H2. The Bertz CT molecular complexity index is 517. The number of rotatable bonds is 6. The van der Waals surface area contributed by atoms with E-state index >= 15 is 0 Å². The molecule has 2 N–H and O–H groups in total. The Morgan fingerprint density at radius 3 is 2.26 bits per heavy atom. The summed E-state index contributed by atoms with van der Waals surface area (Å²) in [6.45, 7) is 1.04. The van der Waals surface area contributed by atoms with E-state index in [1.54, 1.807) is 6.07 Å². The summed E-state index contributed by atoms with van der Waals surface area (Å²) in [7, 11) is 0. The summed E-state index contributed by atoms with van der Waals surface area (Å²) >= 11 is 0. The highest BCUT2D eigenvalue weighted by Crippen LogP contribution is 2.16. The van der Waals surface area contributed by atoms with Crippen LogP contribution >= 0.6 is 0 Å². The quantitative estimate of drug-likeness (QED) is 0.813. The molecule has 0 aliphatic carbocycles. The van der Waals surface area contributed by atoms with Crippen LogP contribution in [0.3, 0.4) is 0 Å². The van der Waals surface area contributed by atoms with Crippen molar-refractivity contribution in [3.63, 3.8) is 0 Å². The normalized spacial score (nSPS) is 10.2. The average Bonchev–Trinajstić information content (AvgIpc) is 2.44. The summed E-state index contributed by atoms with van der Waals surface area (Å²) < 4.78 is 24.1. The highest BCUT2D eigenvalue weighted by Gasteiger charge is 2.01. The molecule has 2 aromatic rings. The predicted molar refractivity (Wildman–Crippen MR) is 71.7 cm³/mol. The van der Waals surface area contributed by atoms with Gasteiger partial charge < -0.3 is 15.2 Å². The zero-order chi connectivity index (χ0) is 13.5. The molecule has 2 aromatic carbocycles. The van der Waals surface area contributed by atoms with Gasteiger partial charge in [0.25, 0.3) is 0 Å². The summed E-state index contributed by atoms with van der Waals surface area (Å²) in [6.07, 6.45) is 0. The zero-order valence-corrected chi connectivity index (χ0v) is 10.5. The highest BCUT2D eigenvalue weighted by molar-refractivity contribution is 5.29. The van der Waals surface area contributed by atoms with Crippen LogP contribution in [0.25, 0.3) is 0 Å². The topological polar surface area (TPSA) is 44.5 Å². The number of para-hydroxylation sites is 1. The van der Waals surface area contributed by atoms with Gasteiger partial charge in [-0.2, -0.15) is 0 Å². The van der Waals surface area contributed by atoms with E-state index in [1.165, 1.54) is 12.1 Å². The van der Waals surface area contributed by atoms with Crippen LogP contribution in [0.2, 0.25) is 0 Å². The first-order valence-electron chi connectivity index (χ1n) is 6.08. The Morgan fingerprint density at radius 1 is 0.895 bits per heavy atom. The average molecular weight is 261 g/mol. The van der Waals surface area contributed by atoms with Gasteiger partial charge in [0, 0.05) is 12.6 Å². The summed E-state index contributed by atoms with van der Waals surface area (Å²) in [5.74, 6) is 0.909. The first kappa shape index (κ1) is 13.4. The molecule has 0 heterocycles. The molecule has 0 aromatic heterocycles. The van der Waals surface area contributed by atoms with Crippen molar-refractivity contribution >= 4 is 0 Å². The van der Waals surface area contributed by atoms with Crippen molar-refractivity contribution in [2.45, 2.75) is 6.54 Å². The SMILES string of the molecule is NCc1cc(F)cc(OCCOc2ccccc2)c1. The Morgan fingerprint density at radius 2 is 1.58 bits per heavy atom. The number of benzene rings is 2. The Balaban J connectivity index is 1.81. The van der Waals surface area contributed by atoms with Crippen LogP contribution in [0.1, 0.15) is 5.56 Å². The van der Waals surface area contributed by atoms with E-state index < -0.39 is 0 Å². The maximum Gasteiger partial charge on any atom is 0.127 e. The van der Waals surface area contributed by atoms with Crippen LogP contribution in [0.15, 0.2) is 48.5 Å².